The van der Waals surface area contributed by atoms with E-state index in [1.165, 1.54) is 25.1 Å². The van der Waals surface area contributed by atoms with Crippen LogP contribution in [-0.2, 0) is 14.8 Å². The summed E-state index contributed by atoms with van der Waals surface area (Å²) in [5.74, 6) is -0.568. The molecule has 1 heterocycles. The average Bonchev–Trinajstić information content (AvgIpc) is 2.66. The van der Waals surface area contributed by atoms with Crippen LogP contribution in [0.3, 0.4) is 0 Å². The standard InChI is InChI=1S/C21H24FN3O6S/c1-13(26)24-21(2,3)11-16-12-25(32(29,30)17-7-4-14(22)5-8-17)18-10-15(23-20(27)28)6-9-19(18)31-16/h4-10,16,23H,11-12H2,1-3H3,(H,24,26)(H,27,28). The number of fused-ring (bicyclic) bond motifs is 1. The van der Waals surface area contributed by atoms with Crippen molar-refractivity contribution in [3.8, 4) is 5.75 Å². The van der Waals surface area contributed by atoms with Crippen molar-refractivity contribution in [1.82, 2.24) is 5.32 Å². The molecule has 0 saturated heterocycles. The number of nitrogens with one attached hydrogen (secondary N) is 2. The Hall–Kier alpha value is -3.34. The van der Waals surface area contributed by atoms with Crippen LogP contribution in [-0.4, -0.2) is 43.7 Å². The van der Waals surface area contributed by atoms with Crippen molar-refractivity contribution < 1.29 is 32.2 Å². The van der Waals surface area contributed by atoms with Crippen molar-refractivity contribution in [2.75, 3.05) is 16.2 Å². The van der Waals surface area contributed by atoms with E-state index in [2.05, 4.69) is 10.6 Å². The normalized spacial score (nSPS) is 16.0. The summed E-state index contributed by atoms with van der Waals surface area (Å²) in [5, 5.41) is 14.0. The first-order chi connectivity index (χ1) is 14.9. The molecule has 0 fully saturated rings. The number of halogens is 1. The summed E-state index contributed by atoms with van der Waals surface area (Å²) in [6.45, 7) is 4.89. The van der Waals surface area contributed by atoms with E-state index in [1.54, 1.807) is 13.8 Å². The lowest BCUT2D eigenvalue weighted by atomic mass is 9.95. The van der Waals surface area contributed by atoms with Gasteiger partial charge in [-0.3, -0.25) is 14.4 Å². The van der Waals surface area contributed by atoms with Crippen LogP contribution in [0.2, 0.25) is 0 Å². The Kier molecular flexibility index (Phi) is 6.31. The molecule has 1 atom stereocenters. The van der Waals surface area contributed by atoms with Gasteiger partial charge in [0.15, 0.2) is 0 Å². The molecule has 1 aliphatic heterocycles. The maximum atomic E-state index is 13.4. The van der Waals surface area contributed by atoms with Crippen LogP contribution in [0.4, 0.5) is 20.6 Å². The minimum atomic E-state index is -4.12. The molecule has 3 N–H and O–H groups in total. The van der Waals surface area contributed by atoms with Crippen LogP contribution in [0.5, 0.6) is 5.75 Å². The first-order valence-corrected chi connectivity index (χ1v) is 11.2. The lowest BCUT2D eigenvalue weighted by Gasteiger charge is -2.39. The van der Waals surface area contributed by atoms with E-state index in [-0.39, 0.29) is 34.5 Å². The Morgan fingerprint density at radius 2 is 1.88 bits per heavy atom. The minimum Gasteiger partial charge on any atom is -0.486 e. The van der Waals surface area contributed by atoms with Crippen LogP contribution >= 0.6 is 0 Å². The van der Waals surface area contributed by atoms with Crippen LogP contribution in [0, 0.1) is 5.82 Å². The highest BCUT2D eigenvalue weighted by Gasteiger charge is 2.37. The van der Waals surface area contributed by atoms with Crippen molar-refractivity contribution in [1.29, 1.82) is 0 Å². The van der Waals surface area contributed by atoms with Gasteiger partial charge in [-0.2, -0.15) is 0 Å². The second kappa shape index (κ2) is 8.65. The van der Waals surface area contributed by atoms with E-state index in [4.69, 9.17) is 9.84 Å². The SMILES string of the molecule is CC(=O)NC(C)(C)CC1CN(S(=O)(=O)c2ccc(F)cc2)c2cc(NC(=O)O)ccc2O1. The van der Waals surface area contributed by atoms with Gasteiger partial charge in [-0.15, -0.1) is 0 Å². The number of hydrogen-bond acceptors (Lipinski definition) is 5. The van der Waals surface area contributed by atoms with Gasteiger partial charge in [0.25, 0.3) is 10.0 Å². The summed E-state index contributed by atoms with van der Waals surface area (Å²) >= 11 is 0. The fraction of sp³-hybridized carbons (Fsp3) is 0.333. The number of carboxylic acid groups (broad SMARTS) is 1. The molecule has 1 aliphatic rings. The highest BCUT2D eigenvalue weighted by Crippen LogP contribution is 2.40. The van der Waals surface area contributed by atoms with Crippen molar-refractivity contribution in [2.24, 2.45) is 0 Å². The Morgan fingerprint density at radius 3 is 2.47 bits per heavy atom. The first-order valence-electron chi connectivity index (χ1n) is 9.75. The Labute approximate surface area is 185 Å². The van der Waals surface area contributed by atoms with Crippen molar-refractivity contribution in [3.63, 3.8) is 0 Å². The van der Waals surface area contributed by atoms with Gasteiger partial charge in [0.1, 0.15) is 17.7 Å². The molecule has 0 aromatic heterocycles. The number of sulfonamides is 1. The molecule has 2 aromatic carbocycles. The summed E-state index contributed by atoms with van der Waals surface area (Å²) in [6.07, 6.45) is -1.61. The second-order valence-corrected chi connectivity index (χ2v) is 9.97. The Bertz CT molecular complexity index is 1130. The zero-order chi connectivity index (χ0) is 23.7. The van der Waals surface area contributed by atoms with Gasteiger partial charge in [-0.1, -0.05) is 0 Å². The Morgan fingerprint density at radius 1 is 1.22 bits per heavy atom. The maximum Gasteiger partial charge on any atom is 0.409 e. The monoisotopic (exact) mass is 465 g/mol. The van der Waals surface area contributed by atoms with Gasteiger partial charge in [0.2, 0.25) is 5.91 Å². The quantitative estimate of drug-likeness (QED) is 0.602. The molecular formula is C21H24FN3O6S. The first kappa shape index (κ1) is 23.3. The van der Waals surface area contributed by atoms with Crippen LogP contribution in [0.15, 0.2) is 47.4 Å². The number of hydrogen-bond donors (Lipinski definition) is 3. The number of anilines is 2. The summed E-state index contributed by atoms with van der Waals surface area (Å²) < 4.78 is 47.3. The number of ether oxygens (including phenoxy) is 1. The highest BCUT2D eigenvalue weighted by atomic mass is 32.2. The van der Waals surface area contributed by atoms with Gasteiger partial charge in [0, 0.05) is 24.6 Å². The zero-order valence-corrected chi connectivity index (χ0v) is 18.6. The average molecular weight is 466 g/mol. The molecule has 172 valence electrons. The van der Waals surface area contributed by atoms with Gasteiger partial charge >= 0.3 is 6.09 Å². The third-order valence-corrected chi connectivity index (χ3v) is 6.59. The van der Waals surface area contributed by atoms with E-state index in [0.717, 1.165) is 28.6 Å². The van der Waals surface area contributed by atoms with Gasteiger partial charge < -0.3 is 15.2 Å². The molecule has 1 unspecified atom stereocenters. The molecule has 0 saturated carbocycles. The second-order valence-electron chi connectivity index (χ2n) is 8.11. The highest BCUT2D eigenvalue weighted by molar-refractivity contribution is 7.92. The summed E-state index contributed by atoms with van der Waals surface area (Å²) in [7, 11) is -4.12. The Balaban J connectivity index is 2.03. The fourth-order valence-electron chi connectivity index (χ4n) is 3.68. The number of carbonyl (C=O) groups excluding carboxylic acids is 1. The topological polar surface area (TPSA) is 125 Å². The molecule has 2 aromatic rings. The zero-order valence-electron chi connectivity index (χ0n) is 17.8. The molecule has 2 amide bonds. The molecular weight excluding hydrogens is 441 g/mol. The van der Waals surface area contributed by atoms with E-state index in [0.29, 0.717) is 6.42 Å². The summed E-state index contributed by atoms with van der Waals surface area (Å²) in [5.41, 5.74) is -0.366. The number of amides is 2. The molecule has 0 bridgehead atoms. The van der Waals surface area contributed by atoms with Crippen molar-refractivity contribution in [3.05, 3.63) is 48.3 Å². The van der Waals surface area contributed by atoms with E-state index >= 15 is 0 Å². The number of benzene rings is 2. The summed E-state index contributed by atoms with van der Waals surface area (Å²) in [4.78, 5) is 22.4. The van der Waals surface area contributed by atoms with Gasteiger partial charge in [0.05, 0.1) is 17.1 Å². The summed E-state index contributed by atoms with van der Waals surface area (Å²) in [6, 6.07) is 8.72. The molecule has 0 aliphatic carbocycles. The minimum absolute atomic E-state index is 0.0910. The van der Waals surface area contributed by atoms with Crippen LogP contribution in [0.25, 0.3) is 0 Å². The third kappa shape index (κ3) is 5.28. The van der Waals surface area contributed by atoms with E-state index in [1.807, 2.05) is 0 Å². The molecule has 3 rings (SSSR count). The smallest absolute Gasteiger partial charge is 0.409 e. The lowest BCUT2D eigenvalue weighted by molar-refractivity contribution is -0.120. The van der Waals surface area contributed by atoms with Crippen LogP contribution < -0.4 is 19.7 Å². The third-order valence-electron chi connectivity index (χ3n) is 4.80. The van der Waals surface area contributed by atoms with Crippen molar-refractivity contribution in [2.45, 2.75) is 43.7 Å². The predicted molar refractivity (Wildman–Crippen MR) is 116 cm³/mol. The number of nitrogens with zero attached hydrogens (tertiary/aromatic N) is 1. The van der Waals surface area contributed by atoms with Crippen molar-refractivity contribution >= 4 is 33.4 Å². The van der Waals surface area contributed by atoms with Gasteiger partial charge in [-0.05, 0) is 56.3 Å². The molecule has 0 spiro atoms. The molecule has 0 radical (unpaired) electrons. The maximum absolute atomic E-state index is 13.4. The number of carbonyl (C=O) groups is 2. The van der Waals surface area contributed by atoms with Crippen LogP contribution in [0.1, 0.15) is 27.2 Å². The fourth-order valence-corrected chi connectivity index (χ4v) is 5.18. The molecule has 9 nitrogen and oxygen atoms in total. The van der Waals surface area contributed by atoms with E-state index in [9.17, 15) is 22.4 Å². The molecule has 11 heteroatoms. The lowest BCUT2D eigenvalue weighted by Crippen LogP contribution is -2.50. The predicted octanol–water partition coefficient (Wildman–Crippen LogP) is 3.18. The van der Waals surface area contributed by atoms with Gasteiger partial charge in [-0.25, -0.2) is 17.6 Å². The molecule has 32 heavy (non-hydrogen) atoms. The number of rotatable bonds is 6. The van der Waals surface area contributed by atoms with E-state index < -0.39 is 33.6 Å². The largest absolute Gasteiger partial charge is 0.486 e.